The van der Waals surface area contributed by atoms with Gasteiger partial charge < -0.3 is 0 Å². The molecule has 2 aromatic carbocycles. The molecule has 0 heterocycles. The van der Waals surface area contributed by atoms with Crippen molar-refractivity contribution < 1.29 is 0 Å². The summed E-state index contributed by atoms with van der Waals surface area (Å²) in [7, 11) is 0. The van der Waals surface area contributed by atoms with Crippen LogP contribution in [0.5, 0.6) is 0 Å². The van der Waals surface area contributed by atoms with E-state index in [4.69, 9.17) is 11.6 Å². The fourth-order valence-electron chi connectivity index (χ4n) is 1.72. The predicted octanol–water partition coefficient (Wildman–Crippen LogP) is 4.42. The lowest BCUT2D eigenvalue weighted by atomic mass is 9.97. The molecule has 15 heavy (non-hydrogen) atoms. The molecule has 0 saturated carbocycles. The van der Waals surface area contributed by atoms with Crippen LogP contribution in [0.2, 0.25) is 5.02 Å². The first-order valence-corrected chi connectivity index (χ1v) is 5.30. The zero-order valence-electron chi connectivity index (χ0n) is 8.84. The van der Waals surface area contributed by atoms with E-state index in [0.717, 1.165) is 10.6 Å². The van der Waals surface area contributed by atoms with Crippen molar-refractivity contribution in [3.63, 3.8) is 0 Å². The third-order valence-electron chi connectivity index (χ3n) is 2.63. The summed E-state index contributed by atoms with van der Waals surface area (Å²) in [5.74, 6) is 0. The molecule has 1 radical (unpaired) electrons. The molecule has 75 valence electrons. The van der Waals surface area contributed by atoms with E-state index >= 15 is 0 Å². The lowest BCUT2D eigenvalue weighted by Gasteiger charge is -2.09. The largest absolute Gasteiger partial charge is 0.0840 e. The van der Waals surface area contributed by atoms with Gasteiger partial charge in [0.1, 0.15) is 0 Å². The summed E-state index contributed by atoms with van der Waals surface area (Å²) in [6.07, 6.45) is 0. The van der Waals surface area contributed by atoms with Gasteiger partial charge in [-0.15, -0.1) is 0 Å². The van der Waals surface area contributed by atoms with Gasteiger partial charge in [0, 0.05) is 5.02 Å². The standard InChI is InChI=1S/C14H12Cl/c1-10-6-3-4-7-12(10)13-8-5-9-14(15)11(13)2/h4-9H,1-2H3. The minimum Gasteiger partial charge on any atom is -0.0840 e. The topological polar surface area (TPSA) is 0 Å². The van der Waals surface area contributed by atoms with Gasteiger partial charge in [-0.1, -0.05) is 41.9 Å². The Morgan fingerprint density at radius 1 is 1.07 bits per heavy atom. The molecule has 0 nitrogen and oxygen atoms in total. The maximum absolute atomic E-state index is 6.11. The van der Waals surface area contributed by atoms with Crippen LogP contribution in [-0.4, -0.2) is 0 Å². The Balaban J connectivity index is 2.65. The molecule has 0 N–H and O–H groups in total. The molecular formula is C14H12Cl. The molecule has 0 aliphatic rings. The minimum atomic E-state index is 0.819. The van der Waals surface area contributed by atoms with Gasteiger partial charge in [0.15, 0.2) is 0 Å². The van der Waals surface area contributed by atoms with Gasteiger partial charge in [-0.25, -0.2) is 0 Å². The molecule has 0 unspecified atom stereocenters. The van der Waals surface area contributed by atoms with Crippen LogP contribution in [0.25, 0.3) is 11.1 Å². The molecule has 0 saturated heterocycles. The number of rotatable bonds is 1. The molecule has 0 amide bonds. The number of hydrogen-bond donors (Lipinski definition) is 0. The summed E-state index contributed by atoms with van der Waals surface area (Å²) in [5, 5.41) is 0.819. The Bertz CT molecular complexity index is 486. The zero-order chi connectivity index (χ0) is 10.8. The first-order chi connectivity index (χ1) is 7.20. The molecule has 1 heteroatoms. The van der Waals surface area contributed by atoms with Gasteiger partial charge >= 0.3 is 0 Å². The van der Waals surface area contributed by atoms with E-state index < -0.39 is 0 Å². The Labute approximate surface area is 95.5 Å². The molecule has 0 aliphatic carbocycles. The molecule has 2 rings (SSSR count). The van der Waals surface area contributed by atoms with Gasteiger partial charge in [-0.05, 0) is 48.2 Å². The van der Waals surface area contributed by atoms with E-state index in [0.29, 0.717) is 0 Å². The average Bonchev–Trinajstić information content (AvgIpc) is 2.23. The second-order valence-corrected chi connectivity index (χ2v) is 4.06. The Morgan fingerprint density at radius 3 is 2.60 bits per heavy atom. The van der Waals surface area contributed by atoms with Crippen molar-refractivity contribution in [1.82, 2.24) is 0 Å². The highest BCUT2D eigenvalue weighted by Crippen LogP contribution is 2.29. The van der Waals surface area contributed by atoms with Gasteiger partial charge in [0.05, 0.1) is 0 Å². The minimum absolute atomic E-state index is 0.819. The van der Waals surface area contributed by atoms with Gasteiger partial charge in [-0.3, -0.25) is 0 Å². The van der Waals surface area contributed by atoms with Gasteiger partial charge in [-0.2, -0.15) is 0 Å². The predicted molar refractivity (Wildman–Crippen MR) is 65.2 cm³/mol. The van der Waals surface area contributed by atoms with Crippen LogP contribution in [0.1, 0.15) is 11.1 Å². The van der Waals surface area contributed by atoms with Crippen molar-refractivity contribution >= 4 is 11.6 Å². The van der Waals surface area contributed by atoms with Gasteiger partial charge in [0.2, 0.25) is 0 Å². The summed E-state index contributed by atoms with van der Waals surface area (Å²) in [4.78, 5) is 0. The van der Waals surface area contributed by atoms with E-state index in [2.05, 4.69) is 25.1 Å². The molecular weight excluding hydrogens is 204 g/mol. The molecule has 0 aliphatic heterocycles. The maximum atomic E-state index is 6.11. The Hall–Kier alpha value is -1.27. The lowest BCUT2D eigenvalue weighted by molar-refractivity contribution is 1.40. The molecule has 2 aromatic rings. The second kappa shape index (κ2) is 4.08. The highest BCUT2D eigenvalue weighted by molar-refractivity contribution is 6.31. The first kappa shape index (κ1) is 10.3. The van der Waals surface area contributed by atoms with Crippen molar-refractivity contribution in [3.05, 3.63) is 58.6 Å². The summed E-state index contributed by atoms with van der Waals surface area (Å²) in [6.45, 7) is 4.14. The van der Waals surface area contributed by atoms with Crippen LogP contribution in [0.3, 0.4) is 0 Å². The number of hydrogen-bond acceptors (Lipinski definition) is 0. The van der Waals surface area contributed by atoms with Crippen LogP contribution in [0.4, 0.5) is 0 Å². The monoisotopic (exact) mass is 215 g/mol. The molecule has 0 aromatic heterocycles. The van der Waals surface area contributed by atoms with Crippen molar-refractivity contribution in [2.45, 2.75) is 13.8 Å². The highest BCUT2D eigenvalue weighted by atomic mass is 35.5. The third-order valence-corrected chi connectivity index (χ3v) is 3.04. The summed E-state index contributed by atoms with van der Waals surface area (Å²) >= 11 is 6.11. The lowest BCUT2D eigenvalue weighted by Crippen LogP contribution is -1.87. The van der Waals surface area contributed by atoms with E-state index in [1.54, 1.807) is 0 Å². The van der Waals surface area contributed by atoms with Crippen molar-refractivity contribution in [2.75, 3.05) is 0 Å². The summed E-state index contributed by atoms with van der Waals surface area (Å²) in [6, 6.07) is 15.1. The van der Waals surface area contributed by atoms with E-state index in [-0.39, 0.29) is 0 Å². The molecule has 0 fully saturated rings. The van der Waals surface area contributed by atoms with Gasteiger partial charge in [0.25, 0.3) is 0 Å². The smallest absolute Gasteiger partial charge is 0.0441 e. The van der Waals surface area contributed by atoms with Crippen molar-refractivity contribution in [1.29, 1.82) is 0 Å². The van der Waals surface area contributed by atoms with E-state index in [1.807, 2.05) is 31.2 Å². The fourth-order valence-corrected chi connectivity index (χ4v) is 1.89. The number of aryl methyl sites for hydroxylation is 1. The SMILES string of the molecule is Cc1c[c]ccc1-c1cccc(Cl)c1C. The molecule has 0 atom stereocenters. The van der Waals surface area contributed by atoms with Crippen molar-refractivity contribution in [3.8, 4) is 11.1 Å². The second-order valence-electron chi connectivity index (χ2n) is 3.65. The Kier molecular flexibility index (Phi) is 2.79. The maximum Gasteiger partial charge on any atom is 0.0441 e. The Morgan fingerprint density at radius 2 is 1.87 bits per heavy atom. The average molecular weight is 216 g/mol. The zero-order valence-corrected chi connectivity index (χ0v) is 9.60. The number of halogens is 1. The van der Waals surface area contributed by atoms with Crippen LogP contribution in [0.15, 0.2) is 36.4 Å². The highest BCUT2D eigenvalue weighted by Gasteiger charge is 2.06. The fraction of sp³-hybridized carbons (Fsp3) is 0.143. The van der Waals surface area contributed by atoms with Crippen molar-refractivity contribution in [2.24, 2.45) is 0 Å². The quantitative estimate of drug-likeness (QED) is 0.661. The third kappa shape index (κ3) is 1.91. The van der Waals surface area contributed by atoms with Crippen LogP contribution >= 0.6 is 11.6 Å². The summed E-state index contributed by atoms with van der Waals surface area (Å²) < 4.78 is 0. The van der Waals surface area contributed by atoms with Crippen LogP contribution in [0, 0.1) is 19.9 Å². The summed E-state index contributed by atoms with van der Waals surface area (Å²) in [5.41, 5.74) is 4.79. The number of benzene rings is 2. The molecule has 0 bridgehead atoms. The van der Waals surface area contributed by atoms with E-state index in [1.165, 1.54) is 16.7 Å². The first-order valence-electron chi connectivity index (χ1n) is 4.92. The van der Waals surface area contributed by atoms with E-state index in [9.17, 15) is 0 Å². The normalized spacial score (nSPS) is 10.3. The van der Waals surface area contributed by atoms with Crippen LogP contribution < -0.4 is 0 Å². The molecule has 0 spiro atoms. The van der Waals surface area contributed by atoms with Crippen LogP contribution in [-0.2, 0) is 0 Å².